The third-order valence-corrected chi connectivity index (χ3v) is 29.7. The molecule has 0 aliphatic heterocycles. The quantitative estimate of drug-likeness (QED) is 0.0158. The van der Waals surface area contributed by atoms with Crippen LogP contribution >= 0.6 is 7.60 Å². The van der Waals surface area contributed by atoms with Gasteiger partial charge >= 0.3 is 31.5 Å². The van der Waals surface area contributed by atoms with Crippen LogP contribution in [-0.4, -0.2) is 54.1 Å². The number of unbranched alkanes of at least 4 members (excludes halogenated alkanes) is 30. The Kier molecular flexibility index (Phi) is 44.1. The zero-order chi connectivity index (χ0) is 99.8. The first-order valence-corrected chi connectivity index (χ1v) is 54.1. The summed E-state index contributed by atoms with van der Waals surface area (Å²) in [5.74, 6) is -2.45. The van der Waals surface area contributed by atoms with Crippen LogP contribution in [0.15, 0.2) is 48.5 Å². The Morgan fingerprint density at radius 1 is 0.265 bits per heavy atom. The van der Waals surface area contributed by atoms with Crippen molar-refractivity contribution in [3.63, 3.8) is 0 Å². The maximum atomic E-state index is 17.9. The summed E-state index contributed by atoms with van der Waals surface area (Å²) in [6.45, 7) is 69.4. The first-order chi connectivity index (χ1) is 60.9. The molecule has 0 atom stereocenters. The summed E-state index contributed by atoms with van der Waals surface area (Å²) in [5.41, 5.74) is 9.76. The van der Waals surface area contributed by atoms with E-state index >= 15 is 4.57 Å². The molecule has 132 heavy (non-hydrogen) atoms. The van der Waals surface area contributed by atoms with Gasteiger partial charge in [-0.15, -0.1) is 0 Å². The monoisotopic (exact) mass is 1850 g/mol. The first kappa shape index (κ1) is 116. The van der Waals surface area contributed by atoms with Crippen LogP contribution in [-0.2, 0) is 115 Å². The summed E-state index contributed by atoms with van der Waals surface area (Å²) in [7, 11) is -5.59. The molecule has 0 aliphatic carbocycles. The smallest absolute Gasteiger partial charge is 0.336 e. The molecule has 0 bridgehead atoms. The highest BCUT2D eigenvalue weighted by Gasteiger charge is 2.55. The first-order valence-electron chi connectivity index (χ1n) is 52.5. The molecule has 746 valence electrons. The molecule has 0 saturated carbocycles. The lowest BCUT2D eigenvalue weighted by Crippen LogP contribution is -2.36. The van der Waals surface area contributed by atoms with Crippen LogP contribution in [0, 0.1) is 0 Å². The summed E-state index contributed by atoms with van der Waals surface area (Å²) in [6, 6.07) is 17.7. The number of benzene rings is 5. The van der Waals surface area contributed by atoms with E-state index in [2.05, 4.69) is 263 Å². The van der Waals surface area contributed by atoms with Crippen molar-refractivity contribution in [2.75, 3.05) is 0 Å². The molecular formula is C119H193O12P. The predicted molar refractivity (Wildman–Crippen MR) is 561 cm³/mol. The third kappa shape index (κ3) is 34.8. The van der Waals surface area contributed by atoms with Gasteiger partial charge in [-0.2, -0.15) is 0 Å². The zero-order valence-corrected chi connectivity index (χ0v) is 91.0. The lowest BCUT2D eigenvalue weighted by atomic mass is 9.61. The SMILES string of the molecule is CCCCCCCCCCCCCCCCCCC(CCCCCCCCCCCCCCCCCC)(c1c(-c2c(C(C)(C)C)cc(CCC(=O)O)cc2C(C)(C)C)c(C(C)(C)C)c(Oc2c(C(C)(C)C)cc(CCC(=O)O)cc2C(C)(C)C)c(C(C)(C)Cc2c(C(C)(C)C)cc(CCC(=O)O)cc2C(C)(C)C)c1-c1c(C(C)(C)C)cc(CCC(=O)O)cc1C(C)(C)C)P(=O)(O)O. The van der Waals surface area contributed by atoms with E-state index in [-0.39, 0.29) is 57.8 Å². The van der Waals surface area contributed by atoms with Gasteiger partial charge in [-0.05, 0) is 188 Å². The summed E-state index contributed by atoms with van der Waals surface area (Å²) in [5, 5.41) is 40.5. The molecule has 5 aromatic carbocycles. The fourth-order valence-corrected chi connectivity index (χ4v) is 22.0. The molecule has 0 fully saturated rings. The Morgan fingerprint density at radius 2 is 0.477 bits per heavy atom. The number of hydrogen-bond donors (Lipinski definition) is 6. The minimum atomic E-state index is -5.59. The minimum absolute atomic E-state index is 0.0547. The van der Waals surface area contributed by atoms with Crippen molar-refractivity contribution in [1.82, 2.24) is 0 Å². The maximum Gasteiger partial charge on any atom is 0.336 e. The van der Waals surface area contributed by atoms with E-state index in [0.717, 1.165) is 159 Å². The van der Waals surface area contributed by atoms with Crippen molar-refractivity contribution < 1.29 is 58.7 Å². The molecule has 0 heterocycles. The highest BCUT2D eigenvalue weighted by Crippen LogP contribution is 2.71. The van der Waals surface area contributed by atoms with Gasteiger partial charge in [0.05, 0.1) is 5.16 Å². The van der Waals surface area contributed by atoms with Crippen LogP contribution < -0.4 is 4.74 Å². The highest BCUT2D eigenvalue weighted by molar-refractivity contribution is 7.53. The molecule has 0 radical (unpaired) electrons. The van der Waals surface area contributed by atoms with E-state index in [9.17, 15) is 49.4 Å². The van der Waals surface area contributed by atoms with Crippen LogP contribution in [0.25, 0.3) is 22.3 Å². The van der Waals surface area contributed by atoms with Gasteiger partial charge in [0.2, 0.25) is 0 Å². The number of carboxylic acid groups (broad SMARTS) is 4. The van der Waals surface area contributed by atoms with Crippen molar-refractivity contribution in [1.29, 1.82) is 0 Å². The van der Waals surface area contributed by atoms with Gasteiger partial charge in [0, 0.05) is 47.9 Å². The molecule has 5 aromatic rings. The summed E-state index contributed by atoms with van der Waals surface area (Å²) >= 11 is 0. The third-order valence-electron chi connectivity index (χ3n) is 27.9. The van der Waals surface area contributed by atoms with Gasteiger partial charge in [-0.25, -0.2) is 0 Å². The van der Waals surface area contributed by atoms with Gasteiger partial charge in [0.25, 0.3) is 0 Å². The van der Waals surface area contributed by atoms with Crippen molar-refractivity contribution in [3.05, 3.63) is 138 Å². The fourth-order valence-electron chi connectivity index (χ4n) is 20.6. The average Bonchev–Trinajstić information content (AvgIpc) is 0.678. The molecule has 0 amide bonds. The minimum Gasteiger partial charge on any atom is -0.481 e. The number of ether oxygens (including phenoxy) is 1. The van der Waals surface area contributed by atoms with Crippen LogP contribution in [0.3, 0.4) is 0 Å². The molecule has 0 unspecified atom stereocenters. The van der Waals surface area contributed by atoms with Gasteiger partial charge in [-0.1, -0.05) is 469 Å². The van der Waals surface area contributed by atoms with E-state index in [1.807, 2.05) is 0 Å². The maximum absolute atomic E-state index is 17.9. The Labute approximate surface area is 806 Å². The van der Waals surface area contributed by atoms with E-state index in [1.165, 1.54) is 128 Å². The lowest BCUT2D eigenvalue weighted by molar-refractivity contribution is -0.138. The summed E-state index contributed by atoms with van der Waals surface area (Å²) in [6.07, 6.45) is 37.7. The molecule has 12 nitrogen and oxygen atoms in total. The molecular weight excluding hydrogens is 1650 g/mol. The number of aliphatic carboxylic acids is 4. The number of rotatable bonds is 55. The normalized spacial score (nSPS) is 13.2. The molecule has 5 rings (SSSR count). The number of hydrogen-bond acceptors (Lipinski definition) is 6. The largest absolute Gasteiger partial charge is 0.481 e. The number of carbonyl (C=O) groups is 4. The van der Waals surface area contributed by atoms with Crippen LogP contribution in [0.4, 0.5) is 0 Å². The second-order valence-corrected chi connectivity index (χ2v) is 52.1. The Morgan fingerprint density at radius 3 is 0.689 bits per heavy atom. The zero-order valence-electron chi connectivity index (χ0n) is 90.1. The molecule has 6 N–H and O–H groups in total. The second kappa shape index (κ2) is 50.0. The van der Waals surface area contributed by atoms with Crippen molar-refractivity contribution in [2.24, 2.45) is 0 Å². The van der Waals surface area contributed by atoms with Crippen molar-refractivity contribution in [2.45, 2.75) is 550 Å². The number of aryl methyl sites for hydroxylation is 4. The van der Waals surface area contributed by atoms with Crippen LogP contribution in [0.1, 0.15) is 548 Å². The van der Waals surface area contributed by atoms with E-state index in [0.29, 0.717) is 53.9 Å². The topological polar surface area (TPSA) is 216 Å². The molecule has 13 heteroatoms. The molecule has 0 spiro atoms. The van der Waals surface area contributed by atoms with Gasteiger partial charge < -0.3 is 34.9 Å². The standard InChI is InChI=1S/C119H193O12P/c1-32-34-36-38-40-42-44-46-48-50-52-54-56-58-60-62-72-119(132(128,129)130,73-63-61-59-57-55-53-51-49-47-45-43-41-39-37-35-33-2)104-102(100-90(111(9,10)11)76-84(65-69-97(122)123)77-91(100)112(12,13)14)105(117(27,28)29)108(131-107-94(115(21,22)23)80-86(67-71-99(126)127)81-95(107)116(24,25)26)106(103(104)101-92(113(15,16)17)78-85(66-70-98(124)125)79-93(101)114(18,19)20)118(30,31)82-87-88(109(3,4)5)74-83(64-68-96(120)121)75-89(87)110(6,7)8/h74-81H,32-73,82H2,1-31H3,(H,120,121)(H,122,123)(H,124,125)(H,126,127)(H2,128,129,130). The van der Waals surface area contributed by atoms with Gasteiger partial charge in [-0.3, -0.25) is 23.7 Å². The highest BCUT2D eigenvalue weighted by atomic mass is 31.2. The van der Waals surface area contributed by atoms with Crippen LogP contribution in [0.2, 0.25) is 0 Å². The van der Waals surface area contributed by atoms with E-state index < -0.39 is 90.8 Å². The Bertz CT molecular complexity index is 4390. The lowest BCUT2D eigenvalue weighted by Gasteiger charge is -2.47. The van der Waals surface area contributed by atoms with E-state index in [1.54, 1.807) is 0 Å². The van der Waals surface area contributed by atoms with E-state index in [4.69, 9.17) is 4.74 Å². The predicted octanol–water partition coefficient (Wildman–Crippen LogP) is 34.8. The van der Waals surface area contributed by atoms with Crippen molar-refractivity contribution >= 4 is 31.5 Å². The van der Waals surface area contributed by atoms with Crippen LogP contribution in [0.5, 0.6) is 11.5 Å². The molecule has 0 saturated heterocycles. The Hall–Kier alpha value is -6.07. The van der Waals surface area contributed by atoms with Gasteiger partial charge in [0.15, 0.2) is 0 Å². The van der Waals surface area contributed by atoms with Gasteiger partial charge in [0.1, 0.15) is 11.5 Å². The molecule has 0 aromatic heterocycles. The summed E-state index contributed by atoms with van der Waals surface area (Å²) in [4.78, 5) is 81.0. The number of carboxylic acids is 4. The second-order valence-electron chi connectivity index (χ2n) is 50.2. The van der Waals surface area contributed by atoms with Crippen molar-refractivity contribution in [3.8, 4) is 33.8 Å². The average molecular weight is 1850 g/mol. The fraction of sp³-hybridized carbons (Fsp3) is 0.714. The molecule has 0 aliphatic rings. The summed E-state index contributed by atoms with van der Waals surface area (Å²) < 4.78 is 26.9. The Balaban J connectivity index is 2.43.